The smallest absolute Gasteiger partial charge is 0.416 e. The number of aliphatic hydroxyl groups excluding tert-OH is 1. The SMILES string of the molecule is CC(O)CNC(=O)c1cccc(Oc2cccc(C(F)(F)F)c2)c1. The third-order valence-electron chi connectivity index (χ3n) is 3.05. The van der Waals surface area contributed by atoms with Crippen LogP contribution >= 0.6 is 0 Å². The van der Waals surface area contributed by atoms with Gasteiger partial charge in [-0.3, -0.25) is 4.79 Å². The van der Waals surface area contributed by atoms with Gasteiger partial charge in [0.15, 0.2) is 0 Å². The maximum atomic E-state index is 12.7. The molecule has 0 bridgehead atoms. The Bertz CT molecular complexity index is 714. The van der Waals surface area contributed by atoms with Crippen LogP contribution in [0.25, 0.3) is 0 Å². The summed E-state index contributed by atoms with van der Waals surface area (Å²) in [5, 5.41) is 11.7. The van der Waals surface area contributed by atoms with Crippen LogP contribution in [-0.4, -0.2) is 23.7 Å². The average molecular weight is 339 g/mol. The van der Waals surface area contributed by atoms with Gasteiger partial charge in [0, 0.05) is 12.1 Å². The van der Waals surface area contributed by atoms with E-state index in [1.54, 1.807) is 6.07 Å². The lowest BCUT2D eigenvalue weighted by Gasteiger charge is -2.11. The van der Waals surface area contributed by atoms with Crippen LogP contribution in [0.5, 0.6) is 11.5 Å². The molecule has 0 aromatic heterocycles. The summed E-state index contributed by atoms with van der Waals surface area (Å²) < 4.78 is 43.5. The first-order valence-electron chi connectivity index (χ1n) is 7.17. The van der Waals surface area contributed by atoms with Crippen molar-refractivity contribution < 1.29 is 27.8 Å². The fourth-order valence-electron chi connectivity index (χ4n) is 1.92. The molecule has 0 saturated heterocycles. The van der Waals surface area contributed by atoms with Crippen LogP contribution in [0, 0.1) is 0 Å². The van der Waals surface area contributed by atoms with E-state index >= 15 is 0 Å². The molecule has 2 aromatic carbocycles. The van der Waals surface area contributed by atoms with Crippen molar-refractivity contribution in [3.63, 3.8) is 0 Å². The molecule has 2 aromatic rings. The molecule has 0 fully saturated rings. The zero-order valence-corrected chi connectivity index (χ0v) is 12.8. The predicted molar refractivity (Wildman–Crippen MR) is 82.0 cm³/mol. The highest BCUT2D eigenvalue weighted by molar-refractivity contribution is 5.94. The molecule has 1 amide bonds. The summed E-state index contributed by atoms with van der Waals surface area (Å²) in [6.45, 7) is 1.63. The number of amides is 1. The molecule has 0 saturated carbocycles. The van der Waals surface area contributed by atoms with Gasteiger partial charge in [-0.05, 0) is 43.3 Å². The van der Waals surface area contributed by atoms with E-state index in [4.69, 9.17) is 9.84 Å². The Labute approximate surface area is 136 Å². The van der Waals surface area contributed by atoms with Gasteiger partial charge in [0.05, 0.1) is 11.7 Å². The van der Waals surface area contributed by atoms with Crippen LogP contribution < -0.4 is 10.1 Å². The van der Waals surface area contributed by atoms with Gasteiger partial charge in [0.25, 0.3) is 5.91 Å². The van der Waals surface area contributed by atoms with Gasteiger partial charge in [0.1, 0.15) is 11.5 Å². The third kappa shape index (κ3) is 4.99. The van der Waals surface area contributed by atoms with Crippen molar-refractivity contribution in [1.29, 1.82) is 0 Å². The second-order valence-corrected chi connectivity index (χ2v) is 5.21. The van der Waals surface area contributed by atoms with Gasteiger partial charge in [-0.2, -0.15) is 13.2 Å². The fourth-order valence-corrected chi connectivity index (χ4v) is 1.92. The molecule has 7 heteroatoms. The molecule has 2 N–H and O–H groups in total. The predicted octanol–water partition coefficient (Wildman–Crippen LogP) is 3.61. The first-order chi connectivity index (χ1) is 11.3. The van der Waals surface area contributed by atoms with Gasteiger partial charge in [-0.1, -0.05) is 12.1 Å². The topological polar surface area (TPSA) is 58.6 Å². The lowest BCUT2D eigenvalue weighted by molar-refractivity contribution is -0.137. The first-order valence-corrected chi connectivity index (χ1v) is 7.17. The lowest BCUT2D eigenvalue weighted by atomic mass is 10.2. The Hall–Kier alpha value is -2.54. The first kappa shape index (κ1) is 17.8. The largest absolute Gasteiger partial charge is 0.457 e. The quantitative estimate of drug-likeness (QED) is 0.875. The normalized spacial score (nSPS) is 12.5. The Balaban J connectivity index is 2.14. The van der Waals surface area contributed by atoms with Crippen LogP contribution in [0.2, 0.25) is 0 Å². The summed E-state index contributed by atoms with van der Waals surface area (Å²) in [5.41, 5.74) is -0.536. The third-order valence-corrected chi connectivity index (χ3v) is 3.05. The standard InChI is InChI=1S/C17H16F3NO3/c1-11(22)10-21-16(23)12-4-2-6-14(8-12)24-15-7-3-5-13(9-15)17(18,19)20/h2-9,11,22H,10H2,1H3,(H,21,23). The minimum absolute atomic E-state index is 0.0198. The summed E-state index contributed by atoms with van der Waals surface area (Å²) in [6.07, 6.45) is -5.14. The summed E-state index contributed by atoms with van der Waals surface area (Å²) >= 11 is 0. The zero-order chi connectivity index (χ0) is 17.7. The second-order valence-electron chi connectivity index (χ2n) is 5.21. The second kappa shape index (κ2) is 7.35. The number of hydrogen-bond acceptors (Lipinski definition) is 3. The zero-order valence-electron chi connectivity index (χ0n) is 12.8. The number of halogens is 3. The van der Waals surface area contributed by atoms with E-state index in [0.29, 0.717) is 0 Å². The van der Waals surface area contributed by atoms with Crippen molar-refractivity contribution in [2.45, 2.75) is 19.2 Å². The van der Waals surface area contributed by atoms with E-state index in [-0.39, 0.29) is 23.6 Å². The number of alkyl halides is 3. The van der Waals surface area contributed by atoms with E-state index in [0.717, 1.165) is 12.1 Å². The van der Waals surface area contributed by atoms with Crippen LogP contribution in [0.3, 0.4) is 0 Å². The van der Waals surface area contributed by atoms with Crippen LogP contribution in [0.4, 0.5) is 13.2 Å². The molecule has 128 valence electrons. The monoisotopic (exact) mass is 339 g/mol. The Kier molecular flexibility index (Phi) is 5.46. The summed E-state index contributed by atoms with van der Waals surface area (Å²) in [5.74, 6) is -0.157. The van der Waals surface area contributed by atoms with Crippen molar-refractivity contribution in [3.05, 3.63) is 59.7 Å². The summed E-state index contributed by atoms with van der Waals surface area (Å²) in [6, 6.07) is 10.5. The molecule has 1 atom stereocenters. The van der Waals surface area contributed by atoms with Crippen molar-refractivity contribution in [3.8, 4) is 11.5 Å². The van der Waals surface area contributed by atoms with Crippen molar-refractivity contribution in [1.82, 2.24) is 5.32 Å². The average Bonchev–Trinajstić information content (AvgIpc) is 2.52. The summed E-state index contributed by atoms with van der Waals surface area (Å²) in [7, 11) is 0. The van der Waals surface area contributed by atoms with Crippen molar-refractivity contribution in [2.24, 2.45) is 0 Å². The number of carbonyl (C=O) groups excluding carboxylic acids is 1. The lowest BCUT2D eigenvalue weighted by Crippen LogP contribution is -2.30. The number of carbonyl (C=O) groups is 1. The molecule has 0 aliphatic carbocycles. The van der Waals surface area contributed by atoms with Gasteiger partial charge in [-0.25, -0.2) is 0 Å². The van der Waals surface area contributed by atoms with E-state index in [1.165, 1.54) is 37.3 Å². The minimum Gasteiger partial charge on any atom is -0.457 e. The molecule has 0 aliphatic rings. The van der Waals surface area contributed by atoms with E-state index < -0.39 is 23.8 Å². The number of ether oxygens (including phenoxy) is 1. The maximum absolute atomic E-state index is 12.7. The highest BCUT2D eigenvalue weighted by Gasteiger charge is 2.30. The molecule has 0 radical (unpaired) electrons. The number of aliphatic hydroxyl groups is 1. The van der Waals surface area contributed by atoms with Crippen LogP contribution in [-0.2, 0) is 6.18 Å². The highest BCUT2D eigenvalue weighted by atomic mass is 19.4. The molecule has 2 rings (SSSR count). The van der Waals surface area contributed by atoms with Gasteiger partial charge in [0.2, 0.25) is 0 Å². The number of hydrogen-bond donors (Lipinski definition) is 2. The number of benzene rings is 2. The van der Waals surface area contributed by atoms with Crippen molar-refractivity contribution >= 4 is 5.91 Å². The van der Waals surface area contributed by atoms with Gasteiger partial charge in [-0.15, -0.1) is 0 Å². The maximum Gasteiger partial charge on any atom is 0.416 e. The molecular formula is C17H16F3NO3. The Morgan fingerprint density at radius 2 is 1.79 bits per heavy atom. The molecule has 1 unspecified atom stereocenters. The highest BCUT2D eigenvalue weighted by Crippen LogP contribution is 2.32. The molecular weight excluding hydrogens is 323 g/mol. The molecule has 24 heavy (non-hydrogen) atoms. The summed E-state index contributed by atoms with van der Waals surface area (Å²) in [4.78, 5) is 11.9. The van der Waals surface area contributed by atoms with Crippen molar-refractivity contribution in [2.75, 3.05) is 6.54 Å². The van der Waals surface area contributed by atoms with Crippen LogP contribution in [0.1, 0.15) is 22.8 Å². The van der Waals surface area contributed by atoms with Crippen LogP contribution in [0.15, 0.2) is 48.5 Å². The van der Waals surface area contributed by atoms with E-state index in [1.807, 2.05) is 0 Å². The molecule has 0 heterocycles. The number of rotatable bonds is 5. The molecule has 4 nitrogen and oxygen atoms in total. The Morgan fingerprint density at radius 3 is 2.42 bits per heavy atom. The minimum atomic E-state index is -4.46. The fraction of sp³-hybridized carbons (Fsp3) is 0.235. The van der Waals surface area contributed by atoms with E-state index in [2.05, 4.69) is 5.32 Å². The van der Waals surface area contributed by atoms with E-state index in [9.17, 15) is 18.0 Å². The Morgan fingerprint density at radius 1 is 1.17 bits per heavy atom. The molecule has 0 spiro atoms. The molecule has 0 aliphatic heterocycles. The van der Waals surface area contributed by atoms with Gasteiger partial charge < -0.3 is 15.2 Å². The van der Waals surface area contributed by atoms with Gasteiger partial charge >= 0.3 is 6.18 Å². The number of nitrogens with one attached hydrogen (secondary N) is 1.